The van der Waals surface area contributed by atoms with Crippen LogP contribution in [0.25, 0.3) is 0 Å². The number of hydrogen-bond donors (Lipinski definition) is 0. The minimum absolute atomic E-state index is 0.00374. The molecule has 3 saturated carbocycles. The quantitative estimate of drug-likeness (QED) is 0.143. The van der Waals surface area contributed by atoms with E-state index in [1.807, 2.05) is 73.7 Å². The van der Waals surface area contributed by atoms with Crippen molar-refractivity contribution in [3.05, 3.63) is 83.4 Å². The van der Waals surface area contributed by atoms with Crippen LogP contribution in [0.3, 0.4) is 0 Å². The smallest absolute Gasteiger partial charge is 0.410 e. The monoisotopic (exact) mass is 882 g/mol. The van der Waals surface area contributed by atoms with E-state index in [0.29, 0.717) is 25.6 Å². The number of hydrogen-bond acceptors (Lipinski definition) is 9. The van der Waals surface area contributed by atoms with Gasteiger partial charge in [0, 0.05) is 30.2 Å². The number of allylic oxidation sites excluding steroid dienone is 1. The van der Waals surface area contributed by atoms with Crippen LogP contribution in [0.15, 0.2) is 72.3 Å². The third-order valence-electron chi connectivity index (χ3n) is 18.5. The molecule has 4 fully saturated rings. The van der Waals surface area contributed by atoms with Gasteiger partial charge in [-0.3, -0.25) is 14.4 Å². The number of likely N-dealkylation sites (N-methyl/N-ethyl adjacent to an activating group) is 1. The lowest BCUT2D eigenvalue weighted by Gasteiger charge is -2.70. The van der Waals surface area contributed by atoms with Crippen LogP contribution in [0, 0.1) is 62.6 Å². The number of carbonyl (C=O) groups excluding carboxylic acids is 4. The summed E-state index contributed by atoms with van der Waals surface area (Å²) in [6.45, 7) is 24.3. The van der Waals surface area contributed by atoms with Gasteiger partial charge in [0.2, 0.25) is 0 Å². The van der Waals surface area contributed by atoms with Crippen molar-refractivity contribution in [3.63, 3.8) is 0 Å². The molecule has 0 aromatic heterocycles. The van der Waals surface area contributed by atoms with Gasteiger partial charge in [-0.05, 0) is 96.7 Å². The van der Waals surface area contributed by atoms with Crippen molar-refractivity contribution in [2.24, 2.45) is 62.6 Å². The molecule has 1 aliphatic heterocycles. The predicted molar refractivity (Wildman–Crippen MR) is 245 cm³/mol. The Morgan fingerprint density at radius 3 is 2.05 bits per heavy atom. The first-order valence-corrected chi connectivity index (χ1v) is 23.9. The van der Waals surface area contributed by atoms with Gasteiger partial charge in [-0.25, -0.2) is 4.79 Å². The Bertz CT molecular complexity index is 2090. The molecule has 4 aliphatic carbocycles. The number of nitrogens with zero attached hydrogens (tertiary/aromatic N) is 1. The molecule has 2 aromatic rings. The molecule has 12 atom stereocenters. The third kappa shape index (κ3) is 7.74. The van der Waals surface area contributed by atoms with E-state index < -0.39 is 62.8 Å². The lowest BCUT2D eigenvalue weighted by Crippen LogP contribution is -2.71. The zero-order valence-corrected chi connectivity index (χ0v) is 40.7. The molecule has 350 valence electrons. The largest absolute Gasteiger partial charge is 0.461 e. The van der Waals surface area contributed by atoms with E-state index in [-0.39, 0.29) is 55.2 Å². The van der Waals surface area contributed by atoms with Crippen LogP contribution in [0.1, 0.15) is 119 Å². The lowest BCUT2D eigenvalue weighted by atomic mass is 9.34. The molecule has 0 unspecified atom stereocenters. The summed E-state index contributed by atoms with van der Waals surface area (Å²) in [4.78, 5) is 58.8. The highest BCUT2D eigenvalue weighted by molar-refractivity contribution is 6.01. The van der Waals surface area contributed by atoms with Crippen LogP contribution in [-0.4, -0.2) is 73.3 Å². The van der Waals surface area contributed by atoms with E-state index in [2.05, 4.69) is 62.3 Å². The van der Waals surface area contributed by atoms with E-state index in [1.165, 1.54) is 6.92 Å². The number of benzene rings is 2. The second kappa shape index (κ2) is 17.7. The summed E-state index contributed by atoms with van der Waals surface area (Å²) >= 11 is 0. The molecule has 10 nitrogen and oxygen atoms in total. The number of carbonyl (C=O) groups is 4. The Balaban J connectivity index is 1.22. The summed E-state index contributed by atoms with van der Waals surface area (Å²) in [5.74, 6) is -0.885. The highest BCUT2D eigenvalue weighted by Gasteiger charge is 2.74. The first kappa shape index (κ1) is 47.9. The zero-order valence-electron chi connectivity index (χ0n) is 40.7. The SMILES string of the molecule is CC(=O)O[C@@H]1C[C@@]23COC[C@](C)([C@@H]2CC[C@H]2C3=CC(=O)[C@@]3(C)[C@H](C(=O)OCc4ccccc4)[C@@](C)([C@H](C)C(C)C)CC[C@]23C)[C@H]1OC[C@](C)(C(C)C)N(C)C(=O)OCc1ccccc1. The van der Waals surface area contributed by atoms with E-state index in [1.54, 1.807) is 11.9 Å². The van der Waals surface area contributed by atoms with Crippen LogP contribution >= 0.6 is 0 Å². The molecule has 10 heteroatoms. The fraction of sp³-hybridized carbons (Fsp3) is 0.667. The normalized spacial score (nSPS) is 35.8. The Morgan fingerprint density at radius 2 is 1.47 bits per heavy atom. The zero-order chi connectivity index (χ0) is 46.6. The molecule has 0 radical (unpaired) electrons. The number of amides is 1. The van der Waals surface area contributed by atoms with Crippen LogP contribution < -0.4 is 0 Å². The van der Waals surface area contributed by atoms with E-state index in [4.69, 9.17) is 23.7 Å². The van der Waals surface area contributed by atoms with Gasteiger partial charge in [0.1, 0.15) is 25.4 Å². The van der Waals surface area contributed by atoms with E-state index in [9.17, 15) is 14.4 Å². The first-order chi connectivity index (χ1) is 30.1. The fourth-order valence-corrected chi connectivity index (χ4v) is 13.7. The van der Waals surface area contributed by atoms with Crippen LogP contribution in [0.4, 0.5) is 4.79 Å². The Kier molecular flexibility index (Phi) is 13.2. The van der Waals surface area contributed by atoms with Crippen LogP contribution in [0.5, 0.6) is 0 Å². The van der Waals surface area contributed by atoms with Crippen molar-refractivity contribution in [1.29, 1.82) is 0 Å². The average Bonchev–Trinajstić information content (AvgIpc) is 3.25. The second-order valence-electron chi connectivity index (χ2n) is 22.2. The molecule has 1 saturated heterocycles. The second-order valence-corrected chi connectivity index (χ2v) is 22.2. The summed E-state index contributed by atoms with van der Waals surface area (Å²) in [6, 6.07) is 19.4. The summed E-state index contributed by atoms with van der Waals surface area (Å²) in [5.41, 5.74) is -1.13. The van der Waals surface area contributed by atoms with Gasteiger partial charge < -0.3 is 28.6 Å². The lowest BCUT2D eigenvalue weighted by molar-refractivity contribution is -0.270. The molecule has 1 amide bonds. The van der Waals surface area contributed by atoms with Crippen molar-refractivity contribution >= 4 is 23.8 Å². The van der Waals surface area contributed by atoms with Gasteiger partial charge in [-0.15, -0.1) is 0 Å². The van der Waals surface area contributed by atoms with Gasteiger partial charge in [0.25, 0.3) is 0 Å². The number of fused-ring (bicyclic) bond motifs is 3. The van der Waals surface area contributed by atoms with Gasteiger partial charge >= 0.3 is 18.0 Å². The summed E-state index contributed by atoms with van der Waals surface area (Å²) in [7, 11) is 1.75. The third-order valence-corrected chi connectivity index (χ3v) is 18.5. The molecule has 0 spiro atoms. The highest BCUT2D eigenvalue weighted by Crippen LogP contribution is 2.74. The number of rotatable bonds is 13. The Labute approximate surface area is 382 Å². The summed E-state index contributed by atoms with van der Waals surface area (Å²) in [6.07, 6.45) is 4.02. The van der Waals surface area contributed by atoms with E-state index >= 15 is 4.79 Å². The summed E-state index contributed by atoms with van der Waals surface area (Å²) in [5, 5.41) is 0. The van der Waals surface area contributed by atoms with Gasteiger partial charge in [-0.2, -0.15) is 0 Å². The molecule has 2 bridgehead atoms. The van der Waals surface area contributed by atoms with Crippen molar-refractivity contribution in [1.82, 2.24) is 4.90 Å². The molecule has 0 N–H and O–H groups in total. The first-order valence-electron chi connectivity index (χ1n) is 23.9. The van der Waals surface area contributed by atoms with Gasteiger partial charge in [0.15, 0.2) is 5.78 Å². The molecular formula is C54H75NO9. The van der Waals surface area contributed by atoms with Crippen molar-refractivity contribution in [3.8, 4) is 0 Å². The Hall–Kier alpha value is -4.02. The predicted octanol–water partition coefficient (Wildman–Crippen LogP) is 10.4. The van der Waals surface area contributed by atoms with E-state index in [0.717, 1.165) is 42.4 Å². The Morgan fingerprint density at radius 1 is 0.859 bits per heavy atom. The fourth-order valence-electron chi connectivity index (χ4n) is 13.7. The summed E-state index contributed by atoms with van der Waals surface area (Å²) < 4.78 is 32.1. The van der Waals surface area contributed by atoms with Gasteiger partial charge in [0.05, 0.1) is 31.3 Å². The maximum Gasteiger partial charge on any atom is 0.410 e. The van der Waals surface area contributed by atoms with Crippen molar-refractivity contribution in [2.45, 2.75) is 139 Å². The number of esters is 2. The van der Waals surface area contributed by atoms with Crippen molar-refractivity contribution in [2.75, 3.05) is 26.9 Å². The number of ether oxygens (including phenoxy) is 5. The van der Waals surface area contributed by atoms with Gasteiger partial charge in [-0.1, -0.05) is 129 Å². The molecule has 7 rings (SSSR count). The molecule has 5 aliphatic rings. The number of ketones is 1. The highest BCUT2D eigenvalue weighted by atomic mass is 16.6. The van der Waals surface area contributed by atoms with Crippen LogP contribution in [0.2, 0.25) is 0 Å². The van der Waals surface area contributed by atoms with Crippen molar-refractivity contribution < 1.29 is 42.9 Å². The molecule has 64 heavy (non-hydrogen) atoms. The standard InChI is InChI=1S/C54H75NO9/c1-34(2)36(5)49(7)25-26-51(9)40-23-24-43-50(8)31-60-33-54(43,41(40)27-44(57)53(51,11)45(49)47(58)61-29-38-19-15-13-16-20-38)28-42(64-37(6)56)46(50)63-32-52(10,35(3)4)55(12)48(59)62-30-39-21-17-14-18-22-39/h13-22,27,34-36,40,42-43,45-46H,23-26,28-33H2,1-12H3/t36-,40+,42-,43+,45-,46+,49-,50-,51-,52-,53+,54+/m1/s1. The minimum Gasteiger partial charge on any atom is -0.461 e. The maximum atomic E-state index is 15.6. The molecule has 1 heterocycles. The topological polar surface area (TPSA) is 118 Å². The van der Waals surface area contributed by atoms with Crippen LogP contribution in [-0.2, 0) is 51.3 Å². The maximum absolute atomic E-state index is 15.6. The minimum atomic E-state index is -1.03. The average molecular weight is 882 g/mol. The molecular weight excluding hydrogens is 807 g/mol. The molecule has 2 aromatic carbocycles.